The molecule has 2 aromatic rings. The van der Waals surface area contributed by atoms with Gasteiger partial charge in [-0.15, -0.1) is 0 Å². The molecule has 1 N–H and O–H groups in total. The Morgan fingerprint density at radius 1 is 1.10 bits per heavy atom. The van der Waals surface area contributed by atoms with Crippen LogP contribution in [0.2, 0.25) is 0 Å². The van der Waals surface area contributed by atoms with E-state index in [1.54, 1.807) is 24.3 Å². The number of rotatable bonds is 5. The highest BCUT2D eigenvalue weighted by atomic mass is 79.9. The molecule has 5 heteroatoms. The van der Waals surface area contributed by atoms with Crippen molar-refractivity contribution in [3.63, 3.8) is 0 Å². The first kappa shape index (κ1) is 16.2. The summed E-state index contributed by atoms with van der Waals surface area (Å²) >= 11 is 3.48. The van der Waals surface area contributed by atoms with Crippen molar-refractivity contribution < 1.29 is 8.42 Å². The molecule has 0 aliphatic rings. The minimum Gasteiger partial charge on any atom is -0.207 e. The van der Waals surface area contributed by atoms with Crippen molar-refractivity contribution >= 4 is 26.0 Å². The van der Waals surface area contributed by atoms with Gasteiger partial charge >= 0.3 is 0 Å². The Labute approximate surface area is 134 Å². The van der Waals surface area contributed by atoms with E-state index in [4.69, 9.17) is 0 Å². The number of hydrogen-bond donors (Lipinski definition) is 1. The second kappa shape index (κ2) is 6.73. The van der Waals surface area contributed by atoms with E-state index < -0.39 is 10.0 Å². The SMILES string of the molecule is CCC(NS(=O)(=O)c1ccc(C)cc1)c1ccccc1Br. The Morgan fingerprint density at radius 3 is 2.29 bits per heavy atom. The maximum absolute atomic E-state index is 12.5. The lowest BCUT2D eigenvalue weighted by Gasteiger charge is -2.19. The molecule has 1 atom stereocenters. The van der Waals surface area contributed by atoms with Crippen LogP contribution in [-0.2, 0) is 10.0 Å². The van der Waals surface area contributed by atoms with E-state index in [1.165, 1.54) is 0 Å². The summed E-state index contributed by atoms with van der Waals surface area (Å²) in [4.78, 5) is 0.290. The summed E-state index contributed by atoms with van der Waals surface area (Å²) in [6.45, 7) is 3.89. The van der Waals surface area contributed by atoms with Crippen LogP contribution in [-0.4, -0.2) is 8.42 Å². The third-order valence-electron chi connectivity index (χ3n) is 3.32. The van der Waals surface area contributed by atoms with Gasteiger partial charge in [0.2, 0.25) is 10.0 Å². The van der Waals surface area contributed by atoms with Gasteiger partial charge in [-0.1, -0.05) is 58.7 Å². The van der Waals surface area contributed by atoms with E-state index >= 15 is 0 Å². The van der Waals surface area contributed by atoms with E-state index in [2.05, 4.69) is 20.7 Å². The maximum Gasteiger partial charge on any atom is 0.241 e. The first-order valence-electron chi connectivity index (χ1n) is 6.77. The maximum atomic E-state index is 12.5. The lowest BCUT2D eigenvalue weighted by molar-refractivity contribution is 0.549. The predicted molar refractivity (Wildman–Crippen MR) is 88.7 cm³/mol. The van der Waals surface area contributed by atoms with Crippen LogP contribution in [0.4, 0.5) is 0 Å². The average molecular weight is 368 g/mol. The molecular formula is C16H18BrNO2S. The number of aryl methyl sites for hydroxylation is 1. The summed E-state index contributed by atoms with van der Waals surface area (Å²) in [5.41, 5.74) is 1.97. The lowest BCUT2D eigenvalue weighted by Crippen LogP contribution is -2.28. The Morgan fingerprint density at radius 2 is 1.71 bits per heavy atom. The highest BCUT2D eigenvalue weighted by Gasteiger charge is 2.21. The molecule has 0 spiro atoms. The van der Waals surface area contributed by atoms with Crippen molar-refractivity contribution in [3.8, 4) is 0 Å². The summed E-state index contributed by atoms with van der Waals surface area (Å²) in [6, 6.07) is 14.3. The number of nitrogens with one attached hydrogen (secondary N) is 1. The van der Waals surface area contributed by atoms with E-state index in [1.807, 2.05) is 38.1 Å². The number of sulfonamides is 1. The number of benzene rings is 2. The Bertz CT molecular complexity index is 711. The average Bonchev–Trinajstić information content (AvgIpc) is 2.46. The van der Waals surface area contributed by atoms with Crippen LogP contribution >= 0.6 is 15.9 Å². The van der Waals surface area contributed by atoms with Gasteiger partial charge in [-0.3, -0.25) is 0 Å². The predicted octanol–water partition coefficient (Wildman–Crippen LogP) is 4.19. The van der Waals surface area contributed by atoms with Crippen molar-refractivity contribution in [1.82, 2.24) is 4.72 Å². The molecule has 0 aliphatic carbocycles. The second-order valence-electron chi connectivity index (χ2n) is 4.92. The first-order chi connectivity index (χ1) is 9.94. The number of hydrogen-bond acceptors (Lipinski definition) is 2. The zero-order valence-electron chi connectivity index (χ0n) is 12.0. The molecule has 2 rings (SSSR count). The van der Waals surface area contributed by atoms with Gasteiger partial charge in [-0.05, 0) is 37.1 Å². The fraction of sp³-hybridized carbons (Fsp3) is 0.250. The molecule has 0 aliphatic heterocycles. The second-order valence-corrected chi connectivity index (χ2v) is 7.49. The standard InChI is InChI=1S/C16H18BrNO2S/c1-3-16(14-6-4-5-7-15(14)17)18-21(19,20)13-10-8-12(2)9-11-13/h4-11,16,18H,3H2,1-2H3. The van der Waals surface area contributed by atoms with Crippen molar-refractivity contribution in [1.29, 1.82) is 0 Å². The van der Waals surface area contributed by atoms with Gasteiger partial charge in [0.05, 0.1) is 4.90 Å². The van der Waals surface area contributed by atoms with Crippen LogP contribution in [0.25, 0.3) is 0 Å². The third-order valence-corrected chi connectivity index (χ3v) is 5.53. The normalized spacial score (nSPS) is 13.1. The van der Waals surface area contributed by atoms with Gasteiger partial charge in [0, 0.05) is 10.5 Å². The molecule has 112 valence electrons. The van der Waals surface area contributed by atoms with Crippen LogP contribution in [0.1, 0.15) is 30.5 Å². The van der Waals surface area contributed by atoms with Crippen molar-refractivity contribution in [2.75, 3.05) is 0 Å². The van der Waals surface area contributed by atoms with Gasteiger partial charge in [0.1, 0.15) is 0 Å². The highest BCUT2D eigenvalue weighted by molar-refractivity contribution is 9.10. The summed E-state index contributed by atoms with van der Waals surface area (Å²) < 4.78 is 28.6. The van der Waals surface area contributed by atoms with Crippen LogP contribution < -0.4 is 4.72 Å². The Hall–Kier alpha value is -1.17. The zero-order valence-corrected chi connectivity index (χ0v) is 14.4. The molecule has 3 nitrogen and oxygen atoms in total. The minimum atomic E-state index is -3.52. The summed E-state index contributed by atoms with van der Waals surface area (Å²) in [6.07, 6.45) is 0.674. The smallest absolute Gasteiger partial charge is 0.207 e. The number of halogens is 1. The molecule has 0 amide bonds. The molecule has 0 heterocycles. The Kier molecular flexibility index (Phi) is 5.19. The third kappa shape index (κ3) is 3.93. The molecule has 2 aromatic carbocycles. The summed E-state index contributed by atoms with van der Waals surface area (Å²) in [5.74, 6) is 0. The molecular weight excluding hydrogens is 350 g/mol. The fourth-order valence-corrected chi connectivity index (χ4v) is 3.96. The molecule has 0 saturated carbocycles. The van der Waals surface area contributed by atoms with Crippen molar-refractivity contribution in [3.05, 3.63) is 64.1 Å². The molecule has 1 unspecified atom stereocenters. The first-order valence-corrected chi connectivity index (χ1v) is 9.05. The van der Waals surface area contributed by atoms with Crippen molar-refractivity contribution in [2.24, 2.45) is 0 Å². The summed E-state index contributed by atoms with van der Waals surface area (Å²) in [5, 5.41) is 0. The largest absolute Gasteiger partial charge is 0.241 e. The van der Waals surface area contributed by atoms with Gasteiger partial charge < -0.3 is 0 Å². The molecule has 0 aromatic heterocycles. The summed E-state index contributed by atoms with van der Waals surface area (Å²) in [7, 11) is -3.52. The molecule has 0 saturated heterocycles. The lowest BCUT2D eigenvalue weighted by atomic mass is 10.1. The Balaban J connectivity index is 2.30. The monoisotopic (exact) mass is 367 g/mol. The molecule has 0 bridgehead atoms. The van der Waals surface area contributed by atoms with Gasteiger partial charge in [-0.2, -0.15) is 0 Å². The van der Waals surface area contributed by atoms with Crippen LogP contribution in [0.3, 0.4) is 0 Å². The van der Waals surface area contributed by atoms with Crippen molar-refractivity contribution in [2.45, 2.75) is 31.2 Å². The molecule has 21 heavy (non-hydrogen) atoms. The van der Waals surface area contributed by atoms with E-state index in [0.717, 1.165) is 15.6 Å². The van der Waals surface area contributed by atoms with E-state index in [9.17, 15) is 8.42 Å². The highest BCUT2D eigenvalue weighted by Crippen LogP contribution is 2.27. The topological polar surface area (TPSA) is 46.2 Å². The van der Waals surface area contributed by atoms with Crippen LogP contribution in [0, 0.1) is 6.92 Å². The molecule has 0 radical (unpaired) electrons. The van der Waals surface area contributed by atoms with Gasteiger partial charge in [0.25, 0.3) is 0 Å². The molecule has 0 fully saturated rings. The quantitative estimate of drug-likeness (QED) is 0.860. The minimum absolute atomic E-state index is 0.258. The zero-order chi connectivity index (χ0) is 15.5. The van der Waals surface area contributed by atoms with Gasteiger partial charge in [-0.25, -0.2) is 13.1 Å². The van der Waals surface area contributed by atoms with Crippen LogP contribution in [0.15, 0.2) is 57.9 Å². The van der Waals surface area contributed by atoms with E-state index in [0.29, 0.717) is 11.3 Å². The fourth-order valence-electron chi connectivity index (χ4n) is 2.10. The van der Waals surface area contributed by atoms with Crippen LogP contribution in [0.5, 0.6) is 0 Å². The van der Waals surface area contributed by atoms with E-state index in [-0.39, 0.29) is 6.04 Å². The van der Waals surface area contributed by atoms with Gasteiger partial charge in [0.15, 0.2) is 0 Å².